The number of aliphatic hydroxyl groups excluding tert-OH is 1. The normalized spacial score (nSPS) is 16.8. The van der Waals surface area contributed by atoms with E-state index in [2.05, 4.69) is 4.98 Å². The number of hydrogen-bond acceptors (Lipinski definition) is 6. The maximum atomic E-state index is 13.3. The van der Waals surface area contributed by atoms with Crippen LogP contribution in [0.1, 0.15) is 22.2 Å². The molecule has 1 amide bonds. The summed E-state index contributed by atoms with van der Waals surface area (Å²) >= 11 is 6.00. The second-order valence-electron chi connectivity index (χ2n) is 6.56. The van der Waals surface area contributed by atoms with Gasteiger partial charge in [-0.15, -0.1) is 0 Å². The highest BCUT2D eigenvalue weighted by Gasteiger charge is 2.44. The van der Waals surface area contributed by atoms with Gasteiger partial charge in [0.2, 0.25) is 5.78 Å². The van der Waals surface area contributed by atoms with Crippen LogP contribution in [0.4, 0.5) is 0 Å². The summed E-state index contributed by atoms with van der Waals surface area (Å²) in [5.41, 5.74) is 1.09. The van der Waals surface area contributed by atoms with Gasteiger partial charge in [-0.05, 0) is 42.0 Å². The molecule has 1 unspecified atom stereocenters. The van der Waals surface area contributed by atoms with Gasteiger partial charge in [0.05, 0.1) is 18.2 Å². The van der Waals surface area contributed by atoms with Crippen LogP contribution in [0.5, 0.6) is 0 Å². The number of carbonyl (C=O) groups is 2. The molecule has 3 heterocycles. The van der Waals surface area contributed by atoms with Gasteiger partial charge < -0.3 is 19.2 Å². The van der Waals surface area contributed by atoms with E-state index in [1.807, 2.05) is 0 Å². The van der Waals surface area contributed by atoms with Gasteiger partial charge in [-0.1, -0.05) is 11.6 Å². The van der Waals surface area contributed by atoms with E-state index in [1.54, 1.807) is 48.8 Å². The van der Waals surface area contributed by atoms with Crippen LogP contribution < -0.4 is 0 Å². The number of fused-ring (bicyclic) bond motifs is 1. The number of hydrogen-bond donors (Lipinski definition) is 1. The average molecular weight is 413 g/mol. The molecule has 7 nitrogen and oxygen atoms in total. The molecule has 148 valence electrons. The van der Waals surface area contributed by atoms with E-state index in [1.165, 1.54) is 12.0 Å². The van der Waals surface area contributed by atoms with Gasteiger partial charge in [0, 0.05) is 36.5 Å². The molecule has 1 N–H and O–H groups in total. The van der Waals surface area contributed by atoms with Gasteiger partial charge in [0.1, 0.15) is 5.58 Å². The van der Waals surface area contributed by atoms with Crippen molar-refractivity contribution < 1.29 is 23.8 Å². The number of nitrogens with zero attached hydrogens (tertiary/aromatic N) is 2. The molecule has 1 aromatic carbocycles. The van der Waals surface area contributed by atoms with Crippen LogP contribution in [0.25, 0.3) is 11.0 Å². The van der Waals surface area contributed by atoms with Crippen LogP contribution in [0.15, 0.2) is 64.5 Å². The summed E-state index contributed by atoms with van der Waals surface area (Å²) < 4.78 is 10.7. The Morgan fingerprint density at radius 2 is 2.03 bits per heavy atom. The number of aromatic nitrogens is 1. The van der Waals surface area contributed by atoms with Crippen molar-refractivity contribution in [1.82, 2.24) is 9.88 Å². The number of halogens is 1. The second-order valence-corrected chi connectivity index (χ2v) is 7.00. The molecular weight excluding hydrogens is 396 g/mol. The predicted molar refractivity (Wildman–Crippen MR) is 106 cm³/mol. The lowest BCUT2D eigenvalue weighted by Crippen LogP contribution is -2.34. The number of ketones is 1. The Morgan fingerprint density at radius 1 is 1.28 bits per heavy atom. The Kier molecular flexibility index (Phi) is 5.08. The molecule has 0 saturated carbocycles. The zero-order chi connectivity index (χ0) is 20.5. The maximum absolute atomic E-state index is 13.3. The molecular formula is C21H17ClN2O5. The number of amides is 1. The minimum Gasteiger partial charge on any atom is -0.503 e. The third kappa shape index (κ3) is 3.39. The molecule has 1 aliphatic heterocycles. The minimum atomic E-state index is -0.773. The summed E-state index contributed by atoms with van der Waals surface area (Å²) in [5, 5.41) is 11.7. The number of pyridine rings is 1. The first-order chi connectivity index (χ1) is 14.0. The highest BCUT2D eigenvalue weighted by molar-refractivity contribution is 6.31. The summed E-state index contributed by atoms with van der Waals surface area (Å²) in [6.07, 6.45) is 3.13. The van der Waals surface area contributed by atoms with Crippen molar-refractivity contribution in [3.8, 4) is 0 Å². The molecule has 0 fully saturated rings. The van der Waals surface area contributed by atoms with Crippen molar-refractivity contribution >= 4 is 34.3 Å². The Bertz CT molecular complexity index is 1120. The molecule has 0 saturated heterocycles. The van der Waals surface area contributed by atoms with Crippen LogP contribution in [0.3, 0.4) is 0 Å². The number of methoxy groups -OCH3 is 1. The van der Waals surface area contributed by atoms with Gasteiger partial charge >= 0.3 is 0 Å². The Labute approximate surface area is 171 Å². The summed E-state index contributed by atoms with van der Waals surface area (Å²) in [6, 6.07) is 9.17. The number of benzene rings is 1. The zero-order valence-corrected chi connectivity index (χ0v) is 16.2. The van der Waals surface area contributed by atoms with Crippen molar-refractivity contribution in [3.05, 3.63) is 76.5 Å². The van der Waals surface area contributed by atoms with Crippen LogP contribution in [0, 0.1) is 0 Å². The van der Waals surface area contributed by atoms with Crippen LogP contribution >= 0.6 is 11.6 Å². The first-order valence-corrected chi connectivity index (χ1v) is 9.26. The van der Waals surface area contributed by atoms with Crippen LogP contribution in [-0.2, 0) is 9.53 Å². The van der Waals surface area contributed by atoms with Crippen molar-refractivity contribution in [3.63, 3.8) is 0 Å². The van der Waals surface area contributed by atoms with E-state index in [9.17, 15) is 14.7 Å². The van der Waals surface area contributed by atoms with Gasteiger partial charge in [-0.3, -0.25) is 14.6 Å². The number of ether oxygens (including phenoxy) is 1. The molecule has 0 bridgehead atoms. The molecule has 1 aliphatic rings. The first-order valence-electron chi connectivity index (χ1n) is 8.88. The number of Topliss-reactive ketones (excluding diaryl/α,β-unsaturated/α-hetero) is 1. The molecule has 29 heavy (non-hydrogen) atoms. The standard InChI is InChI=1S/C21H17ClN2O5/c1-28-9-8-24-18(12-4-6-23-7-5-12)17(20(26)21(24)27)19(25)16-11-13-10-14(22)2-3-15(13)29-16/h2-7,10-11,18,26H,8-9H2,1H3. The number of carbonyl (C=O) groups excluding carboxylic acids is 2. The first kappa shape index (κ1) is 19.2. The van der Waals surface area contributed by atoms with Crippen molar-refractivity contribution in [2.45, 2.75) is 6.04 Å². The van der Waals surface area contributed by atoms with Gasteiger partial charge in [-0.25, -0.2) is 0 Å². The van der Waals surface area contributed by atoms with E-state index in [4.69, 9.17) is 20.8 Å². The third-order valence-electron chi connectivity index (χ3n) is 4.81. The summed E-state index contributed by atoms with van der Waals surface area (Å²) in [7, 11) is 1.51. The summed E-state index contributed by atoms with van der Waals surface area (Å²) in [5.74, 6) is -1.77. The van der Waals surface area contributed by atoms with Crippen LogP contribution in [-0.4, -0.2) is 46.9 Å². The molecule has 3 aromatic rings. The zero-order valence-electron chi connectivity index (χ0n) is 15.5. The number of aliphatic hydroxyl groups is 1. The highest BCUT2D eigenvalue weighted by Crippen LogP contribution is 2.39. The van der Waals surface area contributed by atoms with Gasteiger partial charge in [0.25, 0.3) is 5.91 Å². The Balaban J connectivity index is 1.79. The molecule has 0 spiro atoms. The summed E-state index contributed by atoms with van der Waals surface area (Å²) in [6.45, 7) is 0.462. The molecule has 0 aliphatic carbocycles. The number of rotatable bonds is 6. The fourth-order valence-corrected chi connectivity index (χ4v) is 3.64. The highest BCUT2D eigenvalue weighted by atomic mass is 35.5. The monoisotopic (exact) mass is 412 g/mol. The third-order valence-corrected chi connectivity index (χ3v) is 5.04. The fraction of sp³-hybridized carbons (Fsp3) is 0.190. The van der Waals surface area contributed by atoms with Crippen molar-refractivity contribution in [2.75, 3.05) is 20.3 Å². The van der Waals surface area contributed by atoms with Gasteiger partial charge in [-0.2, -0.15) is 0 Å². The molecule has 4 rings (SSSR count). The number of furan rings is 1. The lowest BCUT2D eigenvalue weighted by atomic mass is 9.96. The largest absolute Gasteiger partial charge is 0.503 e. The van der Waals surface area contributed by atoms with Crippen LogP contribution in [0.2, 0.25) is 5.02 Å². The SMILES string of the molecule is COCCN1C(=O)C(O)=C(C(=O)c2cc3cc(Cl)ccc3o2)C1c1ccncc1. The average Bonchev–Trinajstić information content (AvgIpc) is 3.25. The van der Waals surface area contributed by atoms with E-state index < -0.39 is 23.5 Å². The molecule has 1 atom stereocenters. The van der Waals surface area contributed by atoms with E-state index in [0.29, 0.717) is 21.6 Å². The lowest BCUT2D eigenvalue weighted by Gasteiger charge is -2.26. The second kappa shape index (κ2) is 7.69. The maximum Gasteiger partial charge on any atom is 0.290 e. The van der Waals surface area contributed by atoms with Crippen molar-refractivity contribution in [2.24, 2.45) is 0 Å². The Hall–Kier alpha value is -3.16. The minimum absolute atomic E-state index is 0.0178. The molecule has 0 radical (unpaired) electrons. The van der Waals surface area contributed by atoms with E-state index in [-0.39, 0.29) is 24.5 Å². The quantitative estimate of drug-likeness (QED) is 0.620. The van der Waals surface area contributed by atoms with E-state index >= 15 is 0 Å². The lowest BCUT2D eigenvalue weighted by molar-refractivity contribution is -0.130. The molecule has 2 aromatic heterocycles. The van der Waals surface area contributed by atoms with Gasteiger partial charge in [0.15, 0.2) is 11.5 Å². The predicted octanol–water partition coefficient (Wildman–Crippen LogP) is 3.71. The smallest absolute Gasteiger partial charge is 0.290 e. The summed E-state index contributed by atoms with van der Waals surface area (Å²) in [4.78, 5) is 31.4. The van der Waals surface area contributed by atoms with E-state index in [0.717, 1.165) is 0 Å². The van der Waals surface area contributed by atoms with Crippen molar-refractivity contribution in [1.29, 1.82) is 0 Å². The fourth-order valence-electron chi connectivity index (χ4n) is 3.46. The topological polar surface area (TPSA) is 92.9 Å². The Morgan fingerprint density at radius 3 is 2.76 bits per heavy atom. The molecule has 8 heteroatoms.